The fourth-order valence-corrected chi connectivity index (χ4v) is 4.85. The van der Waals surface area contributed by atoms with Crippen molar-refractivity contribution in [3.63, 3.8) is 0 Å². The number of aliphatic hydroxyl groups excluding tert-OH is 1. The van der Waals surface area contributed by atoms with Gasteiger partial charge in [-0.2, -0.15) is 0 Å². The molecule has 1 heterocycles. The van der Waals surface area contributed by atoms with E-state index in [1.54, 1.807) is 4.90 Å². The van der Waals surface area contributed by atoms with Gasteiger partial charge in [0, 0.05) is 43.9 Å². The smallest absolute Gasteiger partial charge is 0.251 e. The fourth-order valence-electron chi connectivity index (χ4n) is 4.85. The highest BCUT2D eigenvalue weighted by atomic mass is 19.3. The van der Waals surface area contributed by atoms with Gasteiger partial charge < -0.3 is 15.3 Å². The Hall–Kier alpha value is -1.53. The molecular formula is C21H28F2N2O2. The van der Waals surface area contributed by atoms with Crippen molar-refractivity contribution in [1.82, 2.24) is 10.2 Å². The van der Waals surface area contributed by atoms with E-state index in [2.05, 4.69) is 17.4 Å². The SMILES string of the molecule is O=C([C@H]1CC[C@@H](O)[C@H](NC2Cc3ccccc3C2)C1)N1CCC(F)(F)CC1. The largest absolute Gasteiger partial charge is 0.392 e. The average molecular weight is 378 g/mol. The molecule has 1 aliphatic heterocycles. The van der Waals surface area contributed by atoms with E-state index in [9.17, 15) is 18.7 Å². The van der Waals surface area contributed by atoms with Crippen molar-refractivity contribution in [1.29, 1.82) is 0 Å². The van der Waals surface area contributed by atoms with Gasteiger partial charge in [-0.05, 0) is 43.2 Å². The molecule has 27 heavy (non-hydrogen) atoms. The number of aliphatic hydroxyl groups is 1. The van der Waals surface area contributed by atoms with Crippen molar-refractivity contribution in [2.75, 3.05) is 13.1 Å². The molecule has 0 unspecified atom stereocenters. The van der Waals surface area contributed by atoms with Crippen LogP contribution in [-0.2, 0) is 17.6 Å². The fraction of sp³-hybridized carbons (Fsp3) is 0.667. The molecular weight excluding hydrogens is 350 g/mol. The maximum Gasteiger partial charge on any atom is 0.251 e. The van der Waals surface area contributed by atoms with Crippen molar-refractivity contribution < 1.29 is 18.7 Å². The molecule has 4 rings (SSSR count). The van der Waals surface area contributed by atoms with E-state index in [1.807, 2.05) is 12.1 Å². The molecule has 4 nitrogen and oxygen atoms in total. The van der Waals surface area contributed by atoms with Crippen LogP contribution in [0.1, 0.15) is 43.2 Å². The second-order valence-corrected chi connectivity index (χ2v) is 8.41. The summed E-state index contributed by atoms with van der Waals surface area (Å²) >= 11 is 0. The minimum atomic E-state index is -2.64. The number of benzene rings is 1. The van der Waals surface area contributed by atoms with Crippen LogP contribution in [0.4, 0.5) is 8.78 Å². The molecule has 3 aliphatic rings. The molecule has 0 spiro atoms. The number of piperidine rings is 1. The van der Waals surface area contributed by atoms with Crippen LogP contribution in [0.15, 0.2) is 24.3 Å². The first kappa shape index (κ1) is 18.8. The van der Waals surface area contributed by atoms with E-state index < -0.39 is 12.0 Å². The number of carbonyl (C=O) groups excluding carboxylic acids is 1. The van der Waals surface area contributed by atoms with E-state index in [0.717, 1.165) is 12.8 Å². The molecule has 148 valence electrons. The second kappa shape index (κ2) is 7.47. The molecule has 2 N–H and O–H groups in total. The maximum atomic E-state index is 13.4. The number of carbonyl (C=O) groups is 1. The van der Waals surface area contributed by atoms with Gasteiger partial charge in [0.2, 0.25) is 5.91 Å². The highest BCUT2D eigenvalue weighted by Crippen LogP contribution is 2.32. The summed E-state index contributed by atoms with van der Waals surface area (Å²) in [6.07, 6.45) is 2.75. The van der Waals surface area contributed by atoms with Gasteiger partial charge in [0.25, 0.3) is 5.92 Å². The normalized spacial score (nSPS) is 30.9. The third-order valence-corrected chi connectivity index (χ3v) is 6.47. The number of fused-ring (bicyclic) bond motifs is 1. The van der Waals surface area contributed by atoms with Crippen LogP contribution in [0.25, 0.3) is 0 Å². The zero-order chi connectivity index (χ0) is 19.0. The Morgan fingerprint density at radius 3 is 2.37 bits per heavy atom. The Morgan fingerprint density at radius 1 is 1.11 bits per heavy atom. The lowest BCUT2D eigenvalue weighted by molar-refractivity contribution is -0.143. The molecule has 0 bridgehead atoms. The quantitative estimate of drug-likeness (QED) is 0.850. The second-order valence-electron chi connectivity index (χ2n) is 8.41. The molecule has 1 aromatic rings. The number of alkyl halides is 2. The minimum absolute atomic E-state index is 0.0149. The summed E-state index contributed by atoms with van der Waals surface area (Å²) in [5.74, 6) is -2.83. The van der Waals surface area contributed by atoms with Crippen LogP contribution in [0, 0.1) is 5.92 Å². The van der Waals surface area contributed by atoms with Crippen LogP contribution in [0.2, 0.25) is 0 Å². The van der Waals surface area contributed by atoms with Gasteiger partial charge in [0.15, 0.2) is 0 Å². The van der Waals surface area contributed by atoms with Crippen molar-refractivity contribution >= 4 is 5.91 Å². The average Bonchev–Trinajstić information content (AvgIpc) is 3.05. The predicted molar refractivity (Wildman–Crippen MR) is 98.7 cm³/mol. The third kappa shape index (κ3) is 4.16. The number of nitrogens with zero attached hydrogens (tertiary/aromatic N) is 1. The highest BCUT2D eigenvalue weighted by molar-refractivity contribution is 5.79. The van der Waals surface area contributed by atoms with Crippen LogP contribution in [-0.4, -0.2) is 53.1 Å². The zero-order valence-corrected chi connectivity index (χ0v) is 15.5. The maximum absolute atomic E-state index is 13.4. The first-order valence-corrected chi connectivity index (χ1v) is 10.1. The Bertz CT molecular complexity index is 662. The van der Waals surface area contributed by atoms with Crippen molar-refractivity contribution in [2.24, 2.45) is 5.92 Å². The highest BCUT2D eigenvalue weighted by Gasteiger charge is 2.40. The van der Waals surface area contributed by atoms with Crippen LogP contribution >= 0.6 is 0 Å². The van der Waals surface area contributed by atoms with Crippen molar-refractivity contribution in [3.8, 4) is 0 Å². The van der Waals surface area contributed by atoms with Gasteiger partial charge in [-0.25, -0.2) is 8.78 Å². The summed E-state index contributed by atoms with van der Waals surface area (Å²) in [6, 6.07) is 8.56. The molecule has 2 fully saturated rings. The van der Waals surface area contributed by atoms with Gasteiger partial charge in [0.05, 0.1) is 6.10 Å². The summed E-state index contributed by atoms with van der Waals surface area (Å²) in [7, 11) is 0. The molecule has 2 aliphatic carbocycles. The lowest BCUT2D eigenvalue weighted by Gasteiger charge is -2.39. The zero-order valence-electron chi connectivity index (χ0n) is 15.5. The monoisotopic (exact) mass is 378 g/mol. The number of likely N-dealkylation sites (tertiary alicyclic amines) is 1. The molecule has 1 amide bonds. The summed E-state index contributed by atoms with van der Waals surface area (Å²) in [5.41, 5.74) is 2.70. The van der Waals surface area contributed by atoms with Crippen LogP contribution in [0.5, 0.6) is 0 Å². The molecule has 3 atom stereocenters. The molecule has 1 saturated heterocycles. The summed E-state index contributed by atoms with van der Waals surface area (Å²) < 4.78 is 26.7. The molecule has 0 radical (unpaired) electrons. The van der Waals surface area contributed by atoms with E-state index in [1.165, 1.54) is 11.1 Å². The standard InChI is InChI=1S/C21H28F2N2O2/c22-21(23)7-9-25(10-8-21)20(27)16-5-6-19(26)18(13-16)24-17-11-14-3-1-2-4-15(14)12-17/h1-4,16-19,24,26H,5-13H2/t16-,18+,19+/m0/s1. The Balaban J connectivity index is 1.34. The van der Waals surface area contributed by atoms with E-state index in [0.29, 0.717) is 19.3 Å². The number of hydrogen-bond donors (Lipinski definition) is 2. The minimum Gasteiger partial charge on any atom is -0.392 e. The third-order valence-electron chi connectivity index (χ3n) is 6.47. The topological polar surface area (TPSA) is 52.6 Å². The van der Waals surface area contributed by atoms with E-state index >= 15 is 0 Å². The van der Waals surface area contributed by atoms with Gasteiger partial charge in [-0.3, -0.25) is 4.79 Å². The lowest BCUT2D eigenvalue weighted by Crippen LogP contribution is -2.52. The Morgan fingerprint density at radius 2 is 1.74 bits per heavy atom. The first-order chi connectivity index (χ1) is 12.9. The summed E-state index contributed by atoms with van der Waals surface area (Å²) in [6.45, 7) is 0.280. The van der Waals surface area contributed by atoms with E-state index in [-0.39, 0.29) is 49.8 Å². The van der Waals surface area contributed by atoms with Crippen LogP contribution < -0.4 is 5.32 Å². The first-order valence-electron chi connectivity index (χ1n) is 10.1. The van der Waals surface area contributed by atoms with Gasteiger partial charge in [-0.15, -0.1) is 0 Å². The van der Waals surface area contributed by atoms with Crippen molar-refractivity contribution in [2.45, 2.75) is 69.1 Å². The predicted octanol–water partition coefficient (Wildman–Crippen LogP) is 2.53. The number of hydrogen-bond acceptors (Lipinski definition) is 3. The number of amides is 1. The Kier molecular flexibility index (Phi) is 5.21. The van der Waals surface area contributed by atoms with Gasteiger partial charge in [0.1, 0.15) is 0 Å². The van der Waals surface area contributed by atoms with Crippen molar-refractivity contribution in [3.05, 3.63) is 35.4 Å². The molecule has 1 aromatic carbocycles. The molecule has 1 saturated carbocycles. The van der Waals surface area contributed by atoms with Gasteiger partial charge in [-0.1, -0.05) is 24.3 Å². The Labute approximate surface area is 158 Å². The number of nitrogens with one attached hydrogen (secondary N) is 1. The number of halogens is 2. The lowest BCUT2D eigenvalue weighted by atomic mass is 9.82. The van der Waals surface area contributed by atoms with Gasteiger partial charge >= 0.3 is 0 Å². The van der Waals surface area contributed by atoms with Crippen LogP contribution in [0.3, 0.4) is 0 Å². The number of rotatable bonds is 3. The summed E-state index contributed by atoms with van der Waals surface area (Å²) in [5, 5.41) is 14.0. The molecule has 0 aromatic heterocycles. The van der Waals surface area contributed by atoms with E-state index in [4.69, 9.17) is 0 Å². The summed E-state index contributed by atoms with van der Waals surface area (Å²) in [4.78, 5) is 14.4. The molecule has 6 heteroatoms.